The molecule has 0 unspecified atom stereocenters. The van der Waals surface area contributed by atoms with E-state index in [0.29, 0.717) is 28.8 Å². The first kappa shape index (κ1) is 17.9. The van der Waals surface area contributed by atoms with Crippen molar-refractivity contribution in [3.05, 3.63) is 82.1 Å². The van der Waals surface area contributed by atoms with Crippen molar-refractivity contribution < 1.29 is 9.53 Å². The van der Waals surface area contributed by atoms with Gasteiger partial charge < -0.3 is 9.72 Å². The maximum atomic E-state index is 11.9. The summed E-state index contributed by atoms with van der Waals surface area (Å²) >= 11 is 1.44. The second-order valence-corrected chi connectivity index (χ2v) is 6.47. The smallest absolute Gasteiger partial charge is 0.338 e. The van der Waals surface area contributed by atoms with Crippen LogP contribution in [0.1, 0.15) is 22.8 Å². The van der Waals surface area contributed by atoms with Crippen LogP contribution in [0.25, 0.3) is 11.3 Å². The molecule has 1 heterocycles. The summed E-state index contributed by atoms with van der Waals surface area (Å²) in [6.45, 7) is 2.13. The molecule has 6 heteroatoms. The van der Waals surface area contributed by atoms with Crippen LogP contribution >= 0.6 is 11.8 Å². The van der Waals surface area contributed by atoms with Crippen molar-refractivity contribution in [2.75, 3.05) is 6.61 Å². The second-order valence-electron chi connectivity index (χ2n) is 5.51. The number of carbonyl (C=O) groups excluding carboxylic acids is 1. The first-order chi connectivity index (χ1) is 12.7. The fourth-order valence-electron chi connectivity index (χ4n) is 2.36. The van der Waals surface area contributed by atoms with Gasteiger partial charge >= 0.3 is 5.97 Å². The molecule has 5 nitrogen and oxygen atoms in total. The average Bonchev–Trinajstić information content (AvgIpc) is 2.67. The second kappa shape index (κ2) is 8.49. The van der Waals surface area contributed by atoms with E-state index >= 15 is 0 Å². The molecule has 3 rings (SSSR count). The molecule has 0 radical (unpaired) electrons. The molecule has 0 bridgehead atoms. The molecule has 0 atom stereocenters. The predicted octanol–water partition coefficient (Wildman–Crippen LogP) is 3.91. The predicted molar refractivity (Wildman–Crippen MR) is 102 cm³/mol. The summed E-state index contributed by atoms with van der Waals surface area (Å²) in [6.07, 6.45) is 0. The number of esters is 1. The van der Waals surface area contributed by atoms with Crippen LogP contribution in [0.4, 0.5) is 0 Å². The Morgan fingerprint density at radius 1 is 1.12 bits per heavy atom. The number of ether oxygens (including phenoxy) is 1. The number of H-pyrrole nitrogens is 1. The number of aromatic nitrogens is 2. The molecular formula is C20H18N2O3S. The Hall–Kier alpha value is -2.86. The van der Waals surface area contributed by atoms with Gasteiger partial charge in [-0.25, -0.2) is 9.78 Å². The summed E-state index contributed by atoms with van der Waals surface area (Å²) < 4.78 is 4.97. The Kier molecular flexibility index (Phi) is 5.86. The molecule has 132 valence electrons. The van der Waals surface area contributed by atoms with Gasteiger partial charge in [0, 0.05) is 17.4 Å². The van der Waals surface area contributed by atoms with E-state index in [0.717, 1.165) is 11.1 Å². The number of hydrogen-bond acceptors (Lipinski definition) is 5. The molecule has 1 N–H and O–H groups in total. The van der Waals surface area contributed by atoms with Crippen LogP contribution in [-0.2, 0) is 10.5 Å². The molecule has 3 aromatic rings. The minimum atomic E-state index is -0.326. The van der Waals surface area contributed by atoms with E-state index in [1.54, 1.807) is 19.1 Å². The highest BCUT2D eigenvalue weighted by molar-refractivity contribution is 7.98. The normalized spacial score (nSPS) is 10.5. The number of nitrogens with zero attached hydrogens (tertiary/aromatic N) is 1. The first-order valence-corrected chi connectivity index (χ1v) is 9.20. The van der Waals surface area contributed by atoms with Crippen molar-refractivity contribution in [3.8, 4) is 11.3 Å². The molecule has 26 heavy (non-hydrogen) atoms. The zero-order valence-electron chi connectivity index (χ0n) is 14.3. The number of carbonyl (C=O) groups is 1. The lowest BCUT2D eigenvalue weighted by Gasteiger charge is -2.06. The molecule has 0 aliphatic carbocycles. The van der Waals surface area contributed by atoms with Crippen LogP contribution in [-0.4, -0.2) is 22.5 Å². The molecule has 0 saturated carbocycles. The molecule has 0 aliphatic heterocycles. The van der Waals surface area contributed by atoms with E-state index in [4.69, 9.17) is 4.74 Å². The van der Waals surface area contributed by atoms with Crippen LogP contribution in [0.2, 0.25) is 0 Å². The van der Waals surface area contributed by atoms with Gasteiger partial charge in [-0.3, -0.25) is 4.79 Å². The van der Waals surface area contributed by atoms with Crippen LogP contribution in [0.3, 0.4) is 0 Å². The highest BCUT2D eigenvalue weighted by atomic mass is 32.2. The van der Waals surface area contributed by atoms with Crippen molar-refractivity contribution in [2.45, 2.75) is 17.8 Å². The summed E-state index contributed by atoms with van der Waals surface area (Å²) in [4.78, 5) is 30.9. The fourth-order valence-corrected chi connectivity index (χ4v) is 3.20. The van der Waals surface area contributed by atoms with E-state index in [1.165, 1.54) is 17.8 Å². The third kappa shape index (κ3) is 4.61. The molecule has 2 aromatic carbocycles. The van der Waals surface area contributed by atoms with Crippen LogP contribution in [0, 0.1) is 0 Å². The third-order valence-electron chi connectivity index (χ3n) is 3.63. The van der Waals surface area contributed by atoms with Crippen molar-refractivity contribution >= 4 is 17.7 Å². The van der Waals surface area contributed by atoms with Gasteiger partial charge in [-0.15, -0.1) is 0 Å². The number of rotatable bonds is 6. The van der Waals surface area contributed by atoms with E-state index in [1.807, 2.05) is 42.5 Å². The number of aromatic amines is 1. The van der Waals surface area contributed by atoms with Gasteiger partial charge in [-0.1, -0.05) is 54.2 Å². The highest BCUT2D eigenvalue weighted by Crippen LogP contribution is 2.22. The Morgan fingerprint density at radius 3 is 2.54 bits per heavy atom. The zero-order chi connectivity index (χ0) is 18.4. The average molecular weight is 366 g/mol. The van der Waals surface area contributed by atoms with Crippen molar-refractivity contribution in [1.29, 1.82) is 0 Å². The first-order valence-electron chi connectivity index (χ1n) is 8.21. The molecule has 0 spiro atoms. The van der Waals surface area contributed by atoms with Crippen LogP contribution < -0.4 is 5.56 Å². The Balaban J connectivity index is 1.71. The largest absolute Gasteiger partial charge is 0.462 e. The Labute approximate surface area is 155 Å². The fraction of sp³-hybridized carbons (Fsp3) is 0.150. The molecular weight excluding hydrogens is 348 g/mol. The number of nitrogens with one attached hydrogen (secondary N) is 1. The van der Waals surface area contributed by atoms with Crippen LogP contribution in [0.5, 0.6) is 0 Å². The summed E-state index contributed by atoms with van der Waals surface area (Å²) in [7, 11) is 0. The van der Waals surface area contributed by atoms with Gasteiger partial charge in [0.15, 0.2) is 5.16 Å². The van der Waals surface area contributed by atoms with E-state index in [-0.39, 0.29) is 11.5 Å². The highest BCUT2D eigenvalue weighted by Gasteiger charge is 2.07. The summed E-state index contributed by atoms with van der Waals surface area (Å²) in [5.41, 5.74) is 2.92. The molecule has 0 saturated heterocycles. The SMILES string of the molecule is CCOC(=O)c1ccc(CSc2nc(-c3ccccc3)cc(=O)[nH]2)cc1. The van der Waals surface area contributed by atoms with E-state index < -0.39 is 0 Å². The Morgan fingerprint density at radius 2 is 1.85 bits per heavy atom. The standard InChI is InChI=1S/C20H18N2O3S/c1-2-25-19(24)16-10-8-14(9-11-16)13-26-20-21-17(12-18(23)22-20)15-6-4-3-5-7-15/h3-12H,2,13H2,1H3,(H,21,22,23). The van der Waals surface area contributed by atoms with Crippen molar-refractivity contribution in [3.63, 3.8) is 0 Å². The minimum absolute atomic E-state index is 0.181. The lowest BCUT2D eigenvalue weighted by Crippen LogP contribution is -2.08. The topological polar surface area (TPSA) is 72.0 Å². The van der Waals surface area contributed by atoms with Crippen molar-refractivity contribution in [1.82, 2.24) is 9.97 Å². The van der Waals surface area contributed by atoms with E-state index in [9.17, 15) is 9.59 Å². The van der Waals surface area contributed by atoms with Crippen molar-refractivity contribution in [2.24, 2.45) is 0 Å². The lowest BCUT2D eigenvalue weighted by molar-refractivity contribution is 0.0526. The minimum Gasteiger partial charge on any atom is -0.462 e. The number of thioether (sulfide) groups is 1. The van der Waals surface area contributed by atoms with E-state index in [2.05, 4.69) is 9.97 Å². The van der Waals surface area contributed by atoms with Gasteiger partial charge in [0.25, 0.3) is 5.56 Å². The number of benzene rings is 2. The van der Waals surface area contributed by atoms with Gasteiger partial charge in [0.1, 0.15) is 0 Å². The third-order valence-corrected chi connectivity index (χ3v) is 4.57. The summed E-state index contributed by atoms with van der Waals surface area (Å²) in [6, 6.07) is 18.3. The van der Waals surface area contributed by atoms with Gasteiger partial charge in [-0.2, -0.15) is 0 Å². The van der Waals surface area contributed by atoms with Gasteiger partial charge in [0.05, 0.1) is 17.9 Å². The monoisotopic (exact) mass is 366 g/mol. The Bertz CT molecular complexity index is 937. The zero-order valence-corrected chi connectivity index (χ0v) is 15.1. The quantitative estimate of drug-likeness (QED) is 0.407. The molecule has 1 aromatic heterocycles. The maximum absolute atomic E-state index is 11.9. The molecule has 0 amide bonds. The van der Waals surface area contributed by atoms with Crippen LogP contribution in [0.15, 0.2) is 70.6 Å². The molecule has 0 aliphatic rings. The summed E-state index contributed by atoms with van der Waals surface area (Å²) in [5, 5.41) is 0.561. The maximum Gasteiger partial charge on any atom is 0.338 e. The number of hydrogen-bond donors (Lipinski definition) is 1. The molecule has 0 fully saturated rings. The van der Waals surface area contributed by atoms with Gasteiger partial charge in [-0.05, 0) is 24.6 Å². The lowest BCUT2D eigenvalue weighted by atomic mass is 10.1. The van der Waals surface area contributed by atoms with Gasteiger partial charge in [0.2, 0.25) is 0 Å². The summed E-state index contributed by atoms with van der Waals surface area (Å²) in [5.74, 6) is 0.304.